The lowest BCUT2D eigenvalue weighted by Crippen LogP contribution is -2.29. The van der Waals surface area contributed by atoms with Gasteiger partial charge in [-0.1, -0.05) is 36.0 Å². The normalized spacial score (nSPS) is 18.1. The van der Waals surface area contributed by atoms with E-state index in [1.165, 1.54) is 64.5 Å². The second-order valence-electron chi connectivity index (χ2n) is 7.54. The third-order valence-electron chi connectivity index (χ3n) is 5.30. The molecule has 2 heterocycles. The fraction of sp³-hybridized carbons (Fsp3) is 0.391. The number of hydrogen-bond acceptors (Lipinski definition) is 3. The Bertz CT molecular complexity index is 804. The molecule has 1 saturated heterocycles. The van der Waals surface area contributed by atoms with E-state index in [0.29, 0.717) is 0 Å². The molecular formula is C23H28N2S. The van der Waals surface area contributed by atoms with Gasteiger partial charge in [0.1, 0.15) is 0 Å². The van der Waals surface area contributed by atoms with Crippen LogP contribution in [0.2, 0.25) is 0 Å². The number of rotatable bonds is 4. The van der Waals surface area contributed by atoms with Crippen molar-refractivity contribution >= 4 is 23.0 Å². The fourth-order valence-corrected chi connectivity index (χ4v) is 4.98. The third-order valence-corrected chi connectivity index (χ3v) is 6.45. The first-order chi connectivity index (χ1) is 12.7. The van der Waals surface area contributed by atoms with E-state index < -0.39 is 0 Å². The Hall–Kier alpha value is -1.71. The minimum absolute atomic E-state index is 1.08. The Morgan fingerprint density at radius 3 is 2.54 bits per heavy atom. The van der Waals surface area contributed by atoms with Gasteiger partial charge in [0.05, 0.1) is 0 Å². The Labute approximate surface area is 161 Å². The molecule has 2 aliphatic rings. The molecular weight excluding hydrogens is 336 g/mol. The van der Waals surface area contributed by atoms with E-state index in [1.807, 2.05) is 11.8 Å². The summed E-state index contributed by atoms with van der Waals surface area (Å²) in [6.45, 7) is 3.48. The zero-order chi connectivity index (χ0) is 17.9. The van der Waals surface area contributed by atoms with Gasteiger partial charge < -0.3 is 9.80 Å². The summed E-state index contributed by atoms with van der Waals surface area (Å²) in [6.07, 6.45) is 7.53. The molecule has 26 heavy (non-hydrogen) atoms. The maximum atomic E-state index is 2.56. The molecule has 2 aromatic rings. The molecule has 0 unspecified atom stereocenters. The van der Waals surface area contributed by atoms with Gasteiger partial charge in [0.25, 0.3) is 0 Å². The lowest BCUT2D eigenvalue weighted by Gasteiger charge is -2.31. The molecule has 0 bridgehead atoms. The van der Waals surface area contributed by atoms with Crippen LogP contribution in [-0.4, -0.2) is 38.6 Å². The lowest BCUT2D eigenvalue weighted by molar-refractivity contribution is 0.417. The molecule has 0 saturated carbocycles. The van der Waals surface area contributed by atoms with Gasteiger partial charge in [0, 0.05) is 35.1 Å². The van der Waals surface area contributed by atoms with Gasteiger partial charge in [-0.15, -0.1) is 0 Å². The second kappa shape index (κ2) is 7.89. The van der Waals surface area contributed by atoms with Gasteiger partial charge in [-0.3, -0.25) is 0 Å². The van der Waals surface area contributed by atoms with E-state index in [9.17, 15) is 0 Å². The van der Waals surface area contributed by atoms with E-state index in [1.54, 1.807) is 0 Å². The van der Waals surface area contributed by atoms with Crippen LogP contribution in [-0.2, 0) is 0 Å². The zero-order valence-corrected chi connectivity index (χ0v) is 16.7. The highest BCUT2D eigenvalue weighted by Crippen LogP contribution is 2.46. The monoisotopic (exact) mass is 364 g/mol. The molecule has 3 heteroatoms. The van der Waals surface area contributed by atoms with Gasteiger partial charge in [-0.05, 0) is 80.7 Å². The van der Waals surface area contributed by atoms with E-state index >= 15 is 0 Å². The number of hydrogen-bond donors (Lipinski definition) is 0. The Morgan fingerprint density at radius 1 is 0.962 bits per heavy atom. The molecule has 2 aromatic carbocycles. The average molecular weight is 365 g/mol. The molecule has 0 aliphatic carbocycles. The van der Waals surface area contributed by atoms with Gasteiger partial charge in [0.2, 0.25) is 0 Å². The van der Waals surface area contributed by atoms with E-state index in [0.717, 1.165) is 13.0 Å². The summed E-state index contributed by atoms with van der Waals surface area (Å²) in [6, 6.07) is 15.9. The average Bonchev–Trinajstić information content (AvgIpc) is 2.67. The topological polar surface area (TPSA) is 6.48 Å². The standard InChI is InChI=1S/C23H28N2S/c1-24(2)14-8-10-19-20-9-4-5-11-22(20)26-23-13-12-18(17-21(19)23)25-15-6-3-7-16-25/h4-5,9-13,17H,3,6-8,14-16H2,1-2H3/b19-10+. The fourth-order valence-electron chi connectivity index (χ4n) is 3.89. The quantitative estimate of drug-likeness (QED) is 0.601. The van der Waals surface area contributed by atoms with Crippen LogP contribution in [0, 0.1) is 0 Å². The summed E-state index contributed by atoms with van der Waals surface area (Å²) >= 11 is 1.91. The van der Waals surface area contributed by atoms with Gasteiger partial charge in [-0.25, -0.2) is 0 Å². The molecule has 2 nitrogen and oxygen atoms in total. The van der Waals surface area contributed by atoms with Crippen molar-refractivity contribution in [1.29, 1.82) is 0 Å². The van der Waals surface area contributed by atoms with Crippen molar-refractivity contribution in [3.63, 3.8) is 0 Å². The summed E-state index contributed by atoms with van der Waals surface area (Å²) in [5.41, 5.74) is 5.60. The zero-order valence-electron chi connectivity index (χ0n) is 15.9. The van der Waals surface area contributed by atoms with Crippen LogP contribution in [0.4, 0.5) is 5.69 Å². The highest BCUT2D eigenvalue weighted by atomic mass is 32.2. The van der Waals surface area contributed by atoms with Crippen LogP contribution < -0.4 is 4.90 Å². The highest BCUT2D eigenvalue weighted by Gasteiger charge is 2.22. The summed E-state index contributed by atoms with van der Waals surface area (Å²) in [4.78, 5) is 7.58. The van der Waals surface area contributed by atoms with Gasteiger partial charge >= 0.3 is 0 Å². The van der Waals surface area contributed by atoms with Crippen LogP contribution in [0.25, 0.3) is 5.57 Å². The van der Waals surface area contributed by atoms with E-state index in [2.05, 4.69) is 72.4 Å². The number of nitrogens with zero attached hydrogens (tertiary/aromatic N) is 2. The van der Waals surface area contributed by atoms with Crippen LogP contribution in [0.15, 0.2) is 58.3 Å². The van der Waals surface area contributed by atoms with Crippen molar-refractivity contribution in [3.05, 3.63) is 59.7 Å². The third kappa shape index (κ3) is 3.70. The predicted octanol–water partition coefficient (Wildman–Crippen LogP) is 5.52. The minimum Gasteiger partial charge on any atom is -0.372 e. The van der Waals surface area contributed by atoms with E-state index in [-0.39, 0.29) is 0 Å². The number of anilines is 1. The first kappa shape index (κ1) is 17.7. The maximum Gasteiger partial charge on any atom is 0.0373 e. The van der Waals surface area contributed by atoms with Crippen molar-refractivity contribution in [2.24, 2.45) is 0 Å². The molecule has 4 rings (SSSR count). The Morgan fingerprint density at radius 2 is 1.73 bits per heavy atom. The summed E-state index contributed by atoms with van der Waals surface area (Å²) in [7, 11) is 4.29. The van der Waals surface area contributed by atoms with Crippen molar-refractivity contribution in [2.75, 3.05) is 38.6 Å². The highest BCUT2D eigenvalue weighted by molar-refractivity contribution is 7.99. The van der Waals surface area contributed by atoms with E-state index in [4.69, 9.17) is 0 Å². The molecule has 0 atom stereocenters. The van der Waals surface area contributed by atoms with Crippen LogP contribution in [0.3, 0.4) is 0 Å². The molecule has 0 amide bonds. The second-order valence-corrected chi connectivity index (χ2v) is 8.62. The Kier molecular flexibility index (Phi) is 5.37. The van der Waals surface area contributed by atoms with Crippen LogP contribution in [0.1, 0.15) is 36.8 Å². The summed E-state index contributed by atoms with van der Waals surface area (Å²) < 4.78 is 0. The Balaban J connectivity index is 1.72. The van der Waals surface area contributed by atoms with Crippen molar-refractivity contribution < 1.29 is 0 Å². The van der Waals surface area contributed by atoms with Gasteiger partial charge in [-0.2, -0.15) is 0 Å². The molecule has 2 aliphatic heterocycles. The maximum absolute atomic E-state index is 2.56. The van der Waals surface area contributed by atoms with Crippen LogP contribution in [0.5, 0.6) is 0 Å². The predicted molar refractivity (Wildman–Crippen MR) is 113 cm³/mol. The first-order valence-electron chi connectivity index (χ1n) is 9.74. The smallest absolute Gasteiger partial charge is 0.0373 e. The van der Waals surface area contributed by atoms with Crippen molar-refractivity contribution in [1.82, 2.24) is 4.90 Å². The summed E-state index contributed by atoms with van der Waals surface area (Å²) in [5.74, 6) is 0. The molecule has 0 aromatic heterocycles. The lowest BCUT2D eigenvalue weighted by atomic mass is 9.95. The molecule has 0 N–H and O–H groups in total. The number of fused-ring (bicyclic) bond motifs is 2. The van der Waals surface area contributed by atoms with Crippen LogP contribution >= 0.6 is 11.8 Å². The molecule has 0 spiro atoms. The SMILES string of the molecule is CN(C)CC/C=C1\c2ccccc2Sc2ccc(N3CCCCC3)cc21. The van der Waals surface area contributed by atoms with Gasteiger partial charge in [0.15, 0.2) is 0 Å². The number of piperidine rings is 1. The number of benzene rings is 2. The largest absolute Gasteiger partial charge is 0.372 e. The molecule has 0 radical (unpaired) electrons. The molecule has 1 fully saturated rings. The first-order valence-corrected chi connectivity index (χ1v) is 10.6. The minimum atomic E-state index is 1.08. The van der Waals surface area contributed by atoms with Crippen molar-refractivity contribution in [2.45, 2.75) is 35.5 Å². The molecule has 136 valence electrons. The summed E-state index contributed by atoms with van der Waals surface area (Å²) in [5, 5.41) is 0. The van der Waals surface area contributed by atoms with Crippen molar-refractivity contribution in [3.8, 4) is 0 Å².